The molecule has 2 nitrogen and oxygen atoms in total. The highest BCUT2D eigenvalue weighted by Crippen LogP contribution is 2.16. The van der Waals surface area contributed by atoms with Crippen molar-refractivity contribution in [2.24, 2.45) is 0 Å². The van der Waals surface area contributed by atoms with E-state index >= 15 is 0 Å². The summed E-state index contributed by atoms with van der Waals surface area (Å²) in [5, 5.41) is 0. The largest absolute Gasteiger partial charge is 0.376 e. The molecule has 158 valence electrons. The Morgan fingerprint density at radius 3 is 1.54 bits per heavy atom. The molecule has 0 aromatic carbocycles. The first-order valence-electron chi connectivity index (χ1n) is 12.0. The molecule has 2 heteroatoms. The fraction of sp³-hybridized carbons (Fsp3) is 1.00. The summed E-state index contributed by atoms with van der Waals surface area (Å²) in [6.07, 6.45) is 21.8. The Labute approximate surface area is 165 Å². The number of hydrogen-bond acceptors (Lipinski definition) is 2. The van der Waals surface area contributed by atoms with E-state index in [0.717, 1.165) is 26.1 Å². The summed E-state index contributed by atoms with van der Waals surface area (Å²) in [6, 6.07) is 0. The molecule has 2 unspecified atom stereocenters. The van der Waals surface area contributed by atoms with Gasteiger partial charge in [-0.1, -0.05) is 104 Å². The van der Waals surface area contributed by atoms with E-state index in [1.165, 1.54) is 89.9 Å². The maximum atomic E-state index is 6.25. The topological polar surface area (TPSA) is 18.5 Å². The van der Waals surface area contributed by atoms with Crippen LogP contribution in [0.15, 0.2) is 0 Å². The molecular weight excluding hydrogens is 320 g/mol. The average molecular weight is 371 g/mol. The van der Waals surface area contributed by atoms with Gasteiger partial charge in [-0.05, 0) is 26.2 Å². The summed E-state index contributed by atoms with van der Waals surface area (Å²) in [5.41, 5.74) is 0. The molecule has 0 aliphatic heterocycles. The van der Waals surface area contributed by atoms with E-state index in [1.807, 2.05) is 0 Å². The molecule has 0 radical (unpaired) electrons. The van der Waals surface area contributed by atoms with Gasteiger partial charge in [0, 0.05) is 13.2 Å². The molecule has 0 aliphatic rings. The second kappa shape index (κ2) is 21.2. The van der Waals surface area contributed by atoms with Crippen molar-refractivity contribution in [1.29, 1.82) is 0 Å². The summed E-state index contributed by atoms with van der Waals surface area (Å²) < 4.78 is 12.2. The van der Waals surface area contributed by atoms with Crippen molar-refractivity contribution in [3.05, 3.63) is 0 Å². The van der Waals surface area contributed by atoms with Gasteiger partial charge in [0.05, 0.1) is 12.2 Å². The normalized spacial score (nSPS) is 13.8. The first kappa shape index (κ1) is 25.9. The van der Waals surface area contributed by atoms with E-state index in [2.05, 4.69) is 27.7 Å². The summed E-state index contributed by atoms with van der Waals surface area (Å²) in [4.78, 5) is 0. The quantitative estimate of drug-likeness (QED) is 0.190. The second-order valence-electron chi connectivity index (χ2n) is 8.02. The Morgan fingerprint density at radius 2 is 1.00 bits per heavy atom. The van der Waals surface area contributed by atoms with Crippen LogP contribution in [0.4, 0.5) is 0 Å². The molecule has 0 spiro atoms. The zero-order valence-electron chi connectivity index (χ0n) is 18.7. The molecule has 0 aliphatic carbocycles. The Morgan fingerprint density at radius 1 is 0.500 bits per heavy atom. The van der Waals surface area contributed by atoms with Crippen LogP contribution in [-0.2, 0) is 9.47 Å². The monoisotopic (exact) mass is 370 g/mol. The molecule has 0 saturated heterocycles. The first-order chi connectivity index (χ1) is 12.8. The summed E-state index contributed by atoms with van der Waals surface area (Å²) in [6.45, 7) is 10.7. The van der Waals surface area contributed by atoms with Gasteiger partial charge in [0.15, 0.2) is 0 Å². The van der Waals surface area contributed by atoms with E-state index in [1.54, 1.807) is 0 Å². The zero-order chi connectivity index (χ0) is 19.3. The molecule has 0 rings (SSSR count). The minimum Gasteiger partial charge on any atom is -0.376 e. The van der Waals surface area contributed by atoms with E-state index < -0.39 is 0 Å². The molecule has 0 fully saturated rings. The number of hydrogen-bond donors (Lipinski definition) is 0. The lowest BCUT2D eigenvalue weighted by molar-refractivity contribution is -0.0697. The van der Waals surface area contributed by atoms with Crippen LogP contribution in [0.3, 0.4) is 0 Å². The first-order valence-corrected chi connectivity index (χ1v) is 12.0. The predicted molar refractivity (Wildman–Crippen MR) is 116 cm³/mol. The fourth-order valence-electron chi connectivity index (χ4n) is 3.46. The average Bonchev–Trinajstić information content (AvgIpc) is 2.65. The lowest BCUT2D eigenvalue weighted by Gasteiger charge is -2.25. The van der Waals surface area contributed by atoms with Crippen LogP contribution in [-0.4, -0.2) is 25.4 Å². The highest BCUT2D eigenvalue weighted by Gasteiger charge is 2.18. The smallest absolute Gasteiger partial charge is 0.0833 e. The van der Waals surface area contributed by atoms with E-state index in [0.29, 0.717) is 0 Å². The van der Waals surface area contributed by atoms with Crippen LogP contribution in [0.2, 0.25) is 0 Å². The van der Waals surface area contributed by atoms with Crippen LogP contribution in [0.5, 0.6) is 0 Å². The molecule has 0 bridgehead atoms. The van der Waals surface area contributed by atoms with Crippen LogP contribution >= 0.6 is 0 Å². The summed E-state index contributed by atoms with van der Waals surface area (Å²) >= 11 is 0. The van der Waals surface area contributed by atoms with Gasteiger partial charge < -0.3 is 9.47 Å². The zero-order valence-corrected chi connectivity index (χ0v) is 18.7. The van der Waals surface area contributed by atoms with Crippen molar-refractivity contribution in [1.82, 2.24) is 0 Å². The van der Waals surface area contributed by atoms with Crippen LogP contribution < -0.4 is 0 Å². The maximum absolute atomic E-state index is 6.25. The summed E-state index contributed by atoms with van der Waals surface area (Å²) in [7, 11) is 0. The molecule has 0 heterocycles. The van der Waals surface area contributed by atoms with Crippen molar-refractivity contribution in [3.8, 4) is 0 Å². The highest BCUT2D eigenvalue weighted by atomic mass is 16.5. The Hall–Kier alpha value is -0.0800. The Balaban J connectivity index is 3.82. The summed E-state index contributed by atoms with van der Waals surface area (Å²) in [5.74, 6) is 0. The third kappa shape index (κ3) is 17.3. The molecule has 0 saturated carbocycles. The van der Waals surface area contributed by atoms with Crippen molar-refractivity contribution in [3.63, 3.8) is 0 Å². The number of unbranched alkanes of at least 4 members (excludes halogenated alkanes) is 12. The SMILES string of the molecule is CCCCCCCCCCOC(CCCCCCCC)C(C)OCCC. The van der Waals surface area contributed by atoms with Gasteiger partial charge in [-0.15, -0.1) is 0 Å². The van der Waals surface area contributed by atoms with E-state index in [4.69, 9.17) is 9.47 Å². The molecular formula is C24H50O2. The fourth-order valence-corrected chi connectivity index (χ4v) is 3.46. The van der Waals surface area contributed by atoms with Gasteiger partial charge in [-0.25, -0.2) is 0 Å². The minimum absolute atomic E-state index is 0.236. The Kier molecular flexibility index (Phi) is 21.2. The van der Waals surface area contributed by atoms with Gasteiger partial charge >= 0.3 is 0 Å². The predicted octanol–water partition coefficient (Wildman–Crippen LogP) is 8.08. The molecule has 0 N–H and O–H groups in total. The standard InChI is InChI=1S/C24H50O2/c1-5-8-10-12-14-15-17-19-22-26-24(23(4)25-21-7-3)20-18-16-13-11-9-6-2/h23-24H,5-22H2,1-4H3. The minimum atomic E-state index is 0.236. The van der Waals surface area contributed by atoms with Crippen molar-refractivity contribution in [2.75, 3.05) is 13.2 Å². The third-order valence-corrected chi connectivity index (χ3v) is 5.28. The van der Waals surface area contributed by atoms with Gasteiger partial charge in [0.1, 0.15) is 0 Å². The molecule has 0 aromatic heterocycles. The van der Waals surface area contributed by atoms with Crippen molar-refractivity contribution >= 4 is 0 Å². The highest BCUT2D eigenvalue weighted by molar-refractivity contribution is 4.67. The third-order valence-electron chi connectivity index (χ3n) is 5.28. The lowest BCUT2D eigenvalue weighted by Crippen LogP contribution is -2.30. The molecule has 26 heavy (non-hydrogen) atoms. The Bertz CT molecular complexity index is 255. The lowest BCUT2D eigenvalue weighted by atomic mass is 10.0. The van der Waals surface area contributed by atoms with Crippen LogP contribution in [0.1, 0.15) is 130 Å². The van der Waals surface area contributed by atoms with Gasteiger partial charge in [0.2, 0.25) is 0 Å². The molecule has 0 amide bonds. The van der Waals surface area contributed by atoms with E-state index in [-0.39, 0.29) is 12.2 Å². The molecule has 0 aromatic rings. The van der Waals surface area contributed by atoms with Gasteiger partial charge in [-0.3, -0.25) is 0 Å². The number of rotatable bonds is 21. The molecule has 2 atom stereocenters. The van der Waals surface area contributed by atoms with E-state index in [9.17, 15) is 0 Å². The van der Waals surface area contributed by atoms with Crippen molar-refractivity contribution < 1.29 is 9.47 Å². The number of ether oxygens (including phenoxy) is 2. The van der Waals surface area contributed by atoms with Crippen molar-refractivity contribution in [2.45, 2.75) is 143 Å². The van der Waals surface area contributed by atoms with Gasteiger partial charge in [-0.2, -0.15) is 0 Å². The second-order valence-corrected chi connectivity index (χ2v) is 8.02. The maximum Gasteiger partial charge on any atom is 0.0833 e. The van der Waals surface area contributed by atoms with Gasteiger partial charge in [0.25, 0.3) is 0 Å². The van der Waals surface area contributed by atoms with Crippen LogP contribution in [0.25, 0.3) is 0 Å². The van der Waals surface area contributed by atoms with Crippen LogP contribution in [0, 0.1) is 0 Å².